The molecule has 2 unspecified atom stereocenters. The van der Waals surface area contributed by atoms with Crippen molar-refractivity contribution in [1.29, 1.82) is 0 Å². The van der Waals surface area contributed by atoms with Crippen LogP contribution in [0.3, 0.4) is 0 Å². The number of rotatable bonds is 6. The van der Waals surface area contributed by atoms with Gasteiger partial charge in [-0.3, -0.25) is 4.68 Å². The van der Waals surface area contributed by atoms with Gasteiger partial charge in [-0.15, -0.1) is 0 Å². The van der Waals surface area contributed by atoms with Crippen molar-refractivity contribution in [3.63, 3.8) is 0 Å². The van der Waals surface area contributed by atoms with E-state index in [1.165, 1.54) is 12.1 Å². The van der Waals surface area contributed by atoms with Crippen LogP contribution < -0.4 is 5.73 Å². The largest absolute Gasteiger partial charge is 0.325 e. The van der Waals surface area contributed by atoms with Gasteiger partial charge in [-0.05, 0) is 50.5 Å². The molecule has 0 saturated heterocycles. The smallest absolute Gasteiger partial charge is 0.123 e. The molecule has 0 aliphatic rings. The SMILES string of the molecule is CCC(C)n1ccc(CC(C)(N)Cc2ccc(F)cc2)n1. The van der Waals surface area contributed by atoms with Crippen molar-refractivity contribution in [2.45, 2.75) is 51.6 Å². The number of nitrogens with zero attached hydrogens (tertiary/aromatic N) is 2. The van der Waals surface area contributed by atoms with E-state index >= 15 is 0 Å². The van der Waals surface area contributed by atoms with Gasteiger partial charge >= 0.3 is 0 Å². The molecule has 4 heteroatoms. The summed E-state index contributed by atoms with van der Waals surface area (Å²) in [6.45, 7) is 6.31. The van der Waals surface area contributed by atoms with Crippen molar-refractivity contribution < 1.29 is 4.39 Å². The summed E-state index contributed by atoms with van der Waals surface area (Å²) in [7, 11) is 0. The lowest BCUT2D eigenvalue weighted by atomic mass is 9.89. The molecule has 1 aromatic carbocycles. The zero-order valence-corrected chi connectivity index (χ0v) is 13.0. The Hall–Kier alpha value is -1.68. The highest BCUT2D eigenvalue weighted by atomic mass is 19.1. The van der Waals surface area contributed by atoms with Gasteiger partial charge in [-0.2, -0.15) is 5.10 Å². The van der Waals surface area contributed by atoms with Crippen LogP contribution in [0.25, 0.3) is 0 Å². The van der Waals surface area contributed by atoms with Crippen molar-refractivity contribution in [1.82, 2.24) is 9.78 Å². The summed E-state index contributed by atoms with van der Waals surface area (Å²) in [6, 6.07) is 8.96. The minimum atomic E-state index is -0.396. The molecule has 0 bridgehead atoms. The molecule has 0 radical (unpaired) electrons. The lowest BCUT2D eigenvalue weighted by Crippen LogP contribution is -2.41. The fourth-order valence-electron chi connectivity index (χ4n) is 2.45. The summed E-state index contributed by atoms with van der Waals surface area (Å²) in [5.74, 6) is -0.218. The third-order valence-corrected chi connectivity index (χ3v) is 3.81. The molecule has 0 spiro atoms. The topological polar surface area (TPSA) is 43.8 Å². The highest BCUT2D eigenvalue weighted by Crippen LogP contribution is 2.17. The molecular formula is C17H24FN3. The normalized spacial score (nSPS) is 15.7. The maximum Gasteiger partial charge on any atom is 0.123 e. The van der Waals surface area contributed by atoms with E-state index in [2.05, 4.69) is 18.9 Å². The van der Waals surface area contributed by atoms with Crippen LogP contribution in [0.4, 0.5) is 4.39 Å². The Bertz CT molecular complexity index is 572. The number of nitrogens with two attached hydrogens (primary N) is 1. The molecule has 0 amide bonds. The molecule has 114 valence electrons. The van der Waals surface area contributed by atoms with Gasteiger partial charge in [-0.1, -0.05) is 19.1 Å². The van der Waals surface area contributed by atoms with E-state index in [4.69, 9.17) is 5.73 Å². The quantitative estimate of drug-likeness (QED) is 0.884. The molecule has 2 atom stereocenters. The molecule has 1 aromatic heterocycles. The highest BCUT2D eigenvalue weighted by Gasteiger charge is 2.21. The van der Waals surface area contributed by atoms with Crippen molar-refractivity contribution >= 4 is 0 Å². The van der Waals surface area contributed by atoms with Crippen molar-refractivity contribution in [3.05, 3.63) is 53.6 Å². The van der Waals surface area contributed by atoms with E-state index in [1.807, 2.05) is 23.9 Å². The van der Waals surface area contributed by atoms with Gasteiger partial charge in [0.2, 0.25) is 0 Å². The molecule has 21 heavy (non-hydrogen) atoms. The van der Waals surface area contributed by atoms with E-state index in [0.717, 1.165) is 17.7 Å². The summed E-state index contributed by atoms with van der Waals surface area (Å²) in [6.07, 6.45) is 4.46. The first-order valence-electron chi connectivity index (χ1n) is 7.47. The van der Waals surface area contributed by atoms with E-state index < -0.39 is 5.54 Å². The van der Waals surface area contributed by atoms with Crippen molar-refractivity contribution in [2.75, 3.05) is 0 Å². The molecule has 0 fully saturated rings. The summed E-state index contributed by atoms with van der Waals surface area (Å²) in [5.41, 5.74) is 8.04. The van der Waals surface area contributed by atoms with Crippen LogP contribution in [0.2, 0.25) is 0 Å². The standard InChI is InChI=1S/C17H24FN3/c1-4-13(2)21-10-9-16(20-21)12-17(3,19)11-14-5-7-15(18)8-6-14/h5-10,13H,4,11-12,19H2,1-3H3. The van der Waals surface area contributed by atoms with E-state index in [9.17, 15) is 4.39 Å². The summed E-state index contributed by atoms with van der Waals surface area (Å²) < 4.78 is 14.9. The maximum atomic E-state index is 12.9. The second-order valence-electron chi connectivity index (χ2n) is 6.18. The minimum Gasteiger partial charge on any atom is -0.325 e. The summed E-state index contributed by atoms with van der Waals surface area (Å²) in [5, 5.41) is 4.60. The number of halogens is 1. The van der Waals surface area contributed by atoms with Crippen LogP contribution in [0.5, 0.6) is 0 Å². The Morgan fingerprint density at radius 2 is 1.90 bits per heavy atom. The number of aromatic nitrogens is 2. The predicted octanol–water partition coefficient (Wildman–Crippen LogP) is 3.50. The first-order valence-corrected chi connectivity index (χ1v) is 7.47. The van der Waals surface area contributed by atoms with Gasteiger partial charge in [0.05, 0.1) is 5.69 Å². The fourth-order valence-corrected chi connectivity index (χ4v) is 2.45. The van der Waals surface area contributed by atoms with Crippen LogP contribution in [0, 0.1) is 5.82 Å². The van der Waals surface area contributed by atoms with E-state index in [1.54, 1.807) is 12.1 Å². The zero-order valence-electron chi connectivity index (χ0n) is 13.0. The van der Waals surface area contributed by atoms with Crippen LogP contribution in [-0.2, 0) is 12.8 Å². The van der Waals surface area contributed by atoms with Crippen molar-refractivity contribution in [3.8, 4) is 0 Å². The molecule has 2 N–H and O–H groups in total. The molecule has 0 aliphatic heterocycles. The lowest BCUT2D eigenvalue weighted by Gasteiger charge is -2.24. The zero-order chi connectivity index (χ0) is 15.5. The Kier molecular flexibility index (Phi) is 4.78. The van der Waals surface area contributed by atoms with Gasteiger partial charge in [0.1, 0.15) is 5.82 Å². The minimum absolute atomic E-state index is 0.218. The first kappa shape index (κ1) is 15.7. The number of benzene rings is 1. The Labute approximate surface area is 126 Å². The lowest BCUT2D eigenvalue weighted by molar-refractivity contribution is 0.439. The Balaban J connectivity index is 2.03. The molecule has 2 rings (SSSR count). The van der Waals surface area contributed by atoms with Crippen LogP contribution in [0.15, 0.2) is 36.5 Å². The second-order valence-corrected chi connectivity index (χ2v) is 6.18. The second kappa shape index (κ2) is 6.39. The molecule has 1 heterocycles. The molecule has 3 nitrogen and oxygen atoms in total. The van der Waals surface area contributed by atoms with E-state index in [0.29, 0.717) is 18.9 Å². The average molecular weight is 289 g/mol. The molecular weight excluding hydrogens is 265 g/mol. The van der Waals surface area contributed by atoms with Gasteiger partial charge in [0.15, 0.2) is 0 Å². The number of hydrogen-bond donors (Lipinski definition) is 1. The fraction of sp³-hybridized carbons (Fsp3) is 0.471. The van der Waals surface area contributed by atoms with Crippen LogP contribution in [-0.4, -0.2) is 15.3 Å². The third kappa shape index (κ3) is 4.39. The predicted molar refractivity (Wildman–Crippen MR) is 83.6 cm³/mol. The van der Waals surface area contributed by atoms with Gasteiger partial charge in [-0.25, -0.2) is 4.39 Å². The van der Waals surface area contributed by atoms with Gasteiger partial charge in [0, 0.05) is 24.2 Å². The Morgan fingerprint density at radius 1 is 1.24 bits per heavy atom. The van der Waals surface area contributed by atoms with Crippen molar-refractivity contribution in [2.24, 2.45) is 5.73 Å². The van der Waals surface area contributed by atoms with Crippen LogP contribution in [0.1, 0.15) is 44.5 Å². The number of hydrogen-bond acceptors (Lipinski definition) is 2. The third-order valence-electron chi connectivity index (χ3n) is 3.81. The first-order chi connectivity index (χ1) is 9.89. The molecule has 0 saturated carbocycles. The monoisotopic (exact) mass is 289 g/mol. The highest BCUT2D eigenvalue weighted by molar-refractivity contribution is 5.19. The average Bonchev–Trinajstić information content (AvgIpc) is 2.88. The maximum absolute atomic E-state index is 12.9. The van der Waals surface area contributed by atoms with Crippen LogP contribution >= 0.6 is 0 Å². The van der Waals surface area contributed by atoms with E-state index in [-0.39, 0.29) is 5.82 Å². The molecule has 2 aromatic rings. The Morgan fingerprint density at radius 3 is 2.52 bits per heavy atom. The summed E-state index contributed by atoms with van der Waals surface area (Å²) >= 11 is 0. The van der Waals surface area contributed by atoms with Gasteiger partial charge in [0.25, 0.3) is 0 Å². The molecule has 0 aliphatic carbocycles. The summed E-state index contributed by atoms with van der Waals surface area (Å²) in [4.78, 5) is 0. The van der Waals surface area contributed by atoms with Gasteiger partial charge < -0.3 is 5.73 Å².